The van der Waals surface area contributed by atoms with Crippen LogP contribution in [0.4, 0.5) is 13.2 Å². The van der Waals surface area contributed by atoms with Gasteiger partial charge in [0.05, 0.1) is 12.1 Å². The van der Waals surface area contributed by atoms with Crippen molar-refractivity contribution >= 4 is 27.3 Å². The minimum atomic E-state index is -4.96. The molecule has 0 saturated heterocycles. The molecule has 32 heavy (non-hydrogen) atoms. The van der Waals surface area contributed by atoms with E-state index >= 15 is 0 Å². The molecule has 1 aromatic rings. The third kappa shape index (κ3) is 5.91. The highest BCUT2D eigenvalue weighted by Gasteiger charge is 2.57. The first kappa shape index (κ1) is 25.9. The minimum Gasteiger partial charge on any atom is -0.335 e. The van der Waals surface area contributed by atoms with Gasteiger partial charge >= 0.3 is 6.18 Å². The number of amides is 1. The molecule has 7 nitrogen and oxygen atoms in total. The number of unbranched alkanes of at least 4 members (excludes halogenated alkanes) is 2. The van der Waals surface area contributed by atoms with Crippen LogP contribution in [0, 0.1) is 22.7 Å². The van der Waals surface area contributed by atoms with Crippen LogP contribution in [0.5, 0.6) is 0 Å². The first-order valence-corrected chi connectivity index (χ1v) is 12.0. The second kappa shape index (κ2) is 9.65. The van der Waals surface area contributed by atoms with Crippen LogP contribution in [0.25, 0.3) is 0 Å². The average molecular weight is 491 g/mol. The lowest BCUT2D eigenvalue weighted by atomic mass is 10.0. The Morgan fingerprint density at radius 1 is 1.22 bits per heavy atom. The molecule has 1 aliphatic carbocycles. The van der Waals surface area contributed by atoms with Crippen molar-refractivity contribution in [3.8, 4) is 12.1 Å². The molecule has 0 unspecified atom stereocenters. The van der Waals surface area contributed by atoms with Crippen molar-refractivity contribution in [1.29, 1.82) is 10.5 Å². The highest BCUT2D eigenvalue weighted by molar-refractivity contribution is 7.92. The van der Waals surface area contributed by atoms with Crippen molar-refractivity contribution in [2.45, 2.75) is 61.2 Å². The molecule has 0 radical (unpaired) electrons. The third-order valence-corrected chi connectivity index (χ3v) is 7.32. The summed E-state index contributed by atoms with van der Waals surface area (Å²) in [4.78, 5) is 10.5. The molecule has 1 fully saturated rings. The summed E-state index contributed by atoms with van der Waals surface area (Å²) in [6, 6.07) is 5.86. The highest BCUT2D eigenvalue weighted by Crippen LogP contribution is 2.39. The number of benzene rings is 1. The Bertz CT molecular complexity index is 1030. The molecular formula is C20H22ClF3N4O3S. The van der Waals surface area contributed by atoms with Gasteiger partial charge in [0, 0.05) is 17.7 Å². The van der Waals surface area contributed by atoms with Crippen molar-refractivity contribution in [3.05, 3.63) is 34.9 Å². The minimum absolute atomic E-state index is 0.00814. The molecule has 0 bridgehead atoms. The Balaban J connectivity index is 2.55. The molecule has 174 valence electrons. The normalized spacial score (nSPS) is 18.0. The summed E-state index contributed by atoms with van der Waals surface area (Å²) in [5.74, 6) is -1.22. The van der Waals surface area contributed by atoms with Crippen LogP contribution in [0.1, 0.15) is 50.1 Å². The first-order valence-electron chi connectivity index (χ1n) is 9.70. The number of nitrogens with zero attached hydrogens (tertiary/aromatic N) is 2. The Kier molecular flexibility index (Phi) is 7.82. The topological polar surface area (TPSA) is 123 Å². The molecule has 0 aliphatic heterocycles. The van der Waals surface area contributed by atoms with E-state index in [0.717, 1.165) is 12.1 Å². The Labute approximate surface area is 189 Å². The quantitative estimate of drug-likeness (QED) is 0.484. The van der Waals surface area contributed by atoms with E-state index in [1.165, 1.54) is 12.1 Å². The molecule has 1 aromatic carbocycles. The molecular weight excluding hydrogens is 469 g/mol. The van der Waals surface area contributed by atoms with Crippen molar-refractivity contribution < 1.29 is 26.4 Å². The maximum absolute atomic E-state index is 14.0. The van der Waals surface area contributed by atoms with Gasteiger partial charge in [0.25, 0.3) is 5.91 Å². The van der Waals surface area contributed by atoms with Gasteiger partial charge in [-0.2, -0.15) is 23.7 Å². The molecule has 0 aromatic heterocycles. The van der Waals surface area contributed by atoms with Crippen molar-refractivity contribution in [1.82, 2.24) is 10.6 Å². The van der Waals surface area contributed by atoms with Gasteiger partial charge in [-0.05, 0) is 49.8 Å². The van der Waals surface area contributed by atoms with Crippen LogP contribution >= 0.6 is 11.6 Å². The fraction of sp³-hybridized carbons (Fsp3) is 0.550. The van der Waals surface area contributed by atoms with E-state index in [0.29, 0.717) is 6.26 Å². The number of alkyl halides is 3. The van der Waals surface area contributed by atoms with Gasteiger partial charge in [0.2, 0.25) is 4.87 Å². The zero-order valence-electron chi connectivity index (χ0n) is 17.2. The molecule has 0 heterocycles. The molecule has 2 rings (SSSR count). The molecule has 2 atom stereocenters. The number of nitrogens with one attached hydrogen (secondary N) is 2. The van der Waals surface area contributed by atoms with E-state index in [1.807, 2.05) is 12.1 Å². The fourth-order valence-corrected chi connectivity index (χ4v) is 4.60. The first-order chi connectivity index (χ1) is 14.8. The molecule has 2 N–H and O–H groups in total. The highest BCUT2D eigenvalue weighted by atomic mass is 35.5. The van der Waals surface area contributed by atoms with Gasteiger partial charge in [0.15, 0.2) is 9.84 Å². The van der Waals surface area contributed by atoms with Crippen LogP contribution in [-0.2, 0) is 14.6 Å². The number of nitriles is 2. The Morgan fingerprint density at radius 3 is 2.25 bits per heavy atom. The smallest absolute Gasteiger partial charge is 0.335 e. The summed E-state index contributed by atoms with van der Waals surface area (Å²) >= 11 is 5.76. The predicted molar refractivity (Wildman–Crippen MR) is 111 cm³/mol. The van der Waals surface area contributed by atoms with Gasteiger partial charge in [0.1, 0.15) is 11.6 Å². The lowest BCUT2D eigenvalue weighted by Gasteiger charge is -2.37. The molecule has 1 aliphatic rings. The van der Waals surface area contributed by atoms with Gasteiger partial charge in [-0.1, -0.05) is 23.7 Å². The number of carbonyl (C=O) groups is 1. The SMILES string of the molecule is CS(=O)(=O)[C@@](CCCCC#N)(N[C@@H](c1ccc(Cl)cc1)C(F)(F)F)C(=O)NC1(C#N)CC1. The molecule has 1 saturated carbocycles. The average Bonchev–Trinajstić information content (AvgIpc) is 3.46. The summed E-state index contributed by atoms with van der Waals surface area (Å²) in [6.07, 6.45) is -4.04. The van der Waals surface area contributed by atoms with Crippen LogP contribution in [0.15, 0.2) is 24.3 Å². The molecule has 1 amide bonds. The third-order valence-electron chi connectivity index (χ3n) is 5.29. The van der Waals surface area contributed by atoms with Gasteiger partial charge in [-0.15, -0.1) is 0 Å². The van der Waals surface area contributed by atoms with Crippen LogP contribution < -0.4 is 10.6 Å². The number of halogens is 4. The zero-order chi connectivity index (χ0) is 24.2. The maximum atomic E-state index is 14.0. The molecule has 0 spiro atoms. The number of hydrogen-bond acceptors (Lipinski definition) is 6. The maximum Gasteiger partial charge on any atom is 0.407 e. The van der Waals surface area contributed by atoms with E-state index < -0.39 is 44.8 Å². The van der Waals surface area contributed by atoms with Crippen LogP contribution in [-0.4, -0.2) is 37.2 Å². The lowest BCUT2D eigenvalue weighted by molar-refractivity contribution is -0.162. The monoisotopic (exact) mass is 490 g/mol. The number of carbonyl (C=O) groups excluding carboxylic acids is 1. The summed E-state index contributed by atoms with van der Waals surface area (Å²) in [6.45, 7) is 0. The molecule has 12 heteroatoms. The second-order valence-electron chi connectivity index (χ2n) is 7.78. The standard InChI is InChI=1S/C20H22ClF3N4O3S/c1-32(30,31)19(9-3-2-4-12-25,17(29)28-18(13-26)10-11-18)27-16(20(22,23)24)14-5-7-15(21)8-6-14/h5-8,16,27H,2-4,9-11H2,1H3,(H,28,29)/t16-,19+/m0/s1. The van der Waals surface area contributed by atoms with Gasteiger partial charge in [-0.3, -0.25) is 10.1 Å². The summed E-state index contributed by atoms with van der Waals surface area (Å²) < 4.78 is 67.8. The van der Waals surface area contributed by atoms with E-state index in [4.69, 9.17) is 16.9 Å². The predicted octanol–water partition coefficient (Wildman–Crippen LogP) is 3.53. The Hall–Kier alpha value is -2.34. The van der Waals surface area contributed by atoms with Crippen molar-refractivity contribution in [2.75, 3.05) is 6.26 Å². The van der Waals surface area contributed by atoms with Crippen LogP contribution in [0.2, 0.25) is 5.02 Å². The van der Waals surface area contributed by atoms with E-state index in [1.54, 1.807) is 0 Å². The summed E-state index contributed by atoms with van der Waals surface area (Å²) in [5, 5.41) is 22.6. The fourth-order valence-electron chi connectivity index (χ4n) is 3.24. The number of hydrogen-bond donors (Lipinski definition) is 2. The zero-order valence-corrected chi connectivity index (χ0v) is 18.7. The number of rotatable bonds is 10. The Morgan fingerprint density at radius 2 is 1.81 bits per heavy atom. The van der Waals surface area contributed by atoms with E-state index in [9.17, 15) is 31.6 Å². The van der Waals surface area contributed by atoms with Crippen molar-refractivity contribution in [3.63, 3.8) is 0 Å². The number of sulfone groups is 1. The second-order valence-corrected chi connectivity index (χ2v) is 10.5. The summed E-state index contributed by atoms with van der Waals surface area (Å²) in [5.41, 5.74) is -1.63. The van der Waals surface area contributed by atoms with Crippen molar-refractivity contribution in [2.24, 2.45) is 0 Å². The summed E-state index contributed by atoms with van der Waals surface area (Å²) in [7, 11) is -4.48. The van der Waals surface area contributed by atoms with E-state index in [2.05, 4.69) is 10.6 Å². The van der Waals surface area contributed by atoms with Gasteiger partial charge in [-0.25, -0.2) is 8.42 Å². The van der Waals surface area contributed by atoms with Gasteiger partial charge < -0.3 is 5.32 Å². The van der Waals surface area contributed by atoms with E-state index in [-0.39, 0.29) is 42.7 Å². The van der Waals surface area contributed by atoms with Crippen LogP contribution in [0.3, 0.4) is 0 Å². The largest absolute Gasteiger partial charge is 0.407 e. The lowest BCUT2D eigenvalue weighted by Crippen LogP contribution is -2.65.